The zero-order valence-electron chi connectivity index (χ0n) is 7.78. The summed E-state index contributed by atoms with van der Waals surface area (Å²) in [6, 6.07) is 0. The molecular weight excluding hydrogens is 186 g/mol. The van der Waals surface area contributed by atoms with Crippen LogP contribution in [0.4, 0.5) is 5.13 Å². The third-order valence-corrected chi connectivity index (χ3v) is 2.55. The molecule has 0 radical (unpaired) electrons. The lowest BCUT2D eigenvalue weighted by Gasteiger charge is -2.09. The number of rotatable bonds is 4. The SMILES string of the molecule is CCC(CC)C(=O)Nc1nncs1. The van der Waals surface area contributed by atoms with Crippen LogP contribution in [-0.2, 0) is 4.79 Å². The molecule has 0 saturated carbocycles. The Kier molecular flexibility index (Phi) is 3.82. The molecule has 0 spiro atoms. The van der Waals surface area contributed by atoms with Crippen LogP contribution in [0.15, 0.2) is 5.51 Å². The summed E-state index contributed by atoms with van der Waals surface area (Å²) < 4.78 is 0. The first-order valence-electron chi connectivity index (χ1n) is 4.35. The van der Waals surface area contributed by atoms with E-state index in [0.717, 1.165) is 12.8 Å². The molecular formula is C8H13N3OS. The molecule has 1 N–H and O–H groups in total. The summed E-state index contributed by atoms with van der Waals surface area (Å²) in [6.45, 7) is 4.02. The summed E-state index contributed by atoms with van der Waals surface area (Å²) in [5.41, 5.74) is 1.60. The van der Waals surface area contributed by atoms with Crippen LogP contribution in [0.2, 0.25) is 0 Å². The van der Waals surface area contributed by atoms with E-state index in [4.69, 9.17) is 0 Å². The second-order valence-corrected chi connectivity index (χ2v) is 3.58. The predicted molar refractivity (Wildman–Crippen MR) is 52.6 cm³/mol. The van der Waals surface area contributed by atoms with Crippen molar-refractivity contribution in [3.8, 4) is 0 Å². The molecule has 0 unspecified atom stereocenters. The fourth-order valence-corrected chi connectivity index (χ4v) is 1.54. The molecule has 1 aromatic heterocycles. The molecule has 1 amide bonds. The van der Waals surface area contributed by atoms with Gasteiger partial charge in [-0.2, -0.15) is 0 Å². The Hall–Kier alpha value is -0.970. The maximum absolute atomic E-state index is 11.5. The van der Waals surface area contributed by atoms with Crippen molar-refractivity contribution in [3.05, 3.63) is 5.51 Å². The van der Waals surface area contributed by atoms with E-state index in [9.17, 15) is 4.79 Å². The van der Waals surface area contributed by atoms with Crippen LogP contribution in [0.25, 0.3) is 0 Å². The summed E-state index contributed by atoms with van der Waals surface area (Å²) in [5, 5.41) is 10.7. The lowest BCUT2D eigenvalue weighted by molar-refractivity contribution is -0.120. The van der Waals surface area contributed by atoms with Crippen molar-refractivity contribution >= 4 is 22.4 Å². The van der Waals surface area contributed by atoms with E-state index in [2.05, 4.69) is 15.5 Å². The van der Waals surface area contributed by atoms with Crippen molar-refractivity contribution in [1.82, 2.24) is 10.2 Å². The predicted octanol–water partition coefficient (Wildman–Crippen LogP) is 1.91. The van der Waals surface area contributed by atoms with E-state index in [-0.39, 0.29) is 11.8 Å². The summed E-state index contributed by atoms with van der Waals surface area (Å²) in [7, 11) is 0. The Morgan fingerprint density at radius 1 is 1.62 bits per heavy atom. The molecule has 0 aromatic carbocycles. The van der Waals surface area contributed by atoms with Crippen LogP contribution >= 0.6 is 11.3 Å². The molecule has 0 saturated heterocycles. The normalized spacial score (nSPS) is 10.4. The zero-order valence-corrected chi connectivity index (χ0v) is 8.60. The number of hydrogen-bond acceptors (Lipinski definition) is 4. The van der Waals surface area contributed by atoms with Gasteiger partial charge in [-0.1, -0.05) is 25.2 Å². The molecule has 1 rings (SSSR count). The minimum atomic E-state index is 0.0433. The van der Waals surface area contributed by atoms with Gasteiger partial charge in [0.05, 0.1) is 0 Å². The lowest BCUT2D eigenvalue weighted by atomic mass is 10.0. The van der Waals surface area contributed by atoms with E-state index in [1.165, 1.54) is 11.3 Å². The average Bonchev–Trinajstić information content (AvgIpc) is 2.59. The van der Waals surface area contributed by atoms with E-state index < -0.39 is 0 Å². The van der Waals surface area contributed by atoms with Crippen molar-refractivity contribution in [1.29, 1.82) is 0 Å². The van der Waals surface area contributed by atoms with Crippen molar-refractivity contribution in [2.75, 3.05) is 5.32 Å². The van der Waals surface area contributed by atoms with Gasteiger partial charge in [0.1, 0.15) is 5.51 Å². The number of nitrogens with one attached hydrogen (secondary N) is 1. The van der Waals surface area contributed by atoms with Gasteiger partial charge in [-0.25, -0.2) is 0 Å². The number of hydrogen-bond donors (Lipinski definition) is 1. The first-order valence-corrected chi connectivity index (χ1v) is 5.22. The fourth-order valence-electron chi connectivity index (χ4n) is 1.09. The van der Waals surface area contributed by atoms with Gasteiger partial charge >= 0.3 is 0 Å². The van der Waals surface area contributed by atoms with E-state index in [1.807, 2.05) is 13.8 Å². The van der Waals surface area contributed by atoms with Gasteiger partial charge in [0.25, 0.3) is 0 Å². The van der Waals surface area contributed by atoms with Gasteiger partial charge in [-0.3, -0.25) is 4.79 Å². The molecule has 0 aliphatic heterocycles. The third kappa shape index (κ3) is 2.77. The Balaban J connectivity index is 2.49. The molecule has 0 aliphatic rings. The van der Waals surface area contributed by atoms with Crippen LogP contribution in [-0.4, -0.2) is 16.1 Å². The second-order valence-electron chi connectivity index (χ2n) is 2.75. The molecule has 0 fully saturated rings. The molecule has 1 aromatic rings. The monoisotopic (exact) mass is 199 g/mol. The maximum atomic E-state index is 11.5. The molecule has 0 aliphatic carbocycles. The van der Waals surface area contributed by atoms with Crippen molar-refractivity contribution < 1.29 is 4.79 Å². The number of aromatic nitrogens is 2. The maximum Gasteiger partial charge on any atom is 0.229 e. The molecule has 5 heteroatoms. The van der Waals surface area contributed by atoms with E-state index >= 15 is 0 Å². The van der Waals surface area contributed by atoms with Gasteiger partial charge < -0.3 is 5.32 Å². The van der Waals surface area contributed by atoms with Crippen molar-refractivity contribution in [2.45, 2.75) is 26.7 Å². The number of carbonyl (C=O) groups excluding carboxylic acids is 1. The van der Waals surface area contributed by atoms with Gasteiger partial charge in [-0.15, -0.1) is 10.2 Å². The molecule has 0 bridgehead atoms. The molecule has 4 nitrogen and oxygen atoms in total. The molecule has 0 atom stereocenters. The highest BCUT2D eigenvalue weighted by Crippen LogP contribution is 2.13. The van der Waals surface area contributed by atoms with Crippen molar-refractivity contribution in [3.63, 3.8) is 0 Å². The smallest absolute Gasteiger partial charge is 0.229 e. The summed E-state index contributed by atoms with van der Waals surface area (Å²) >= 11 is 1.34. The van der Waals surface area contributed by atoms with Crippen LogP contribution in [0, 0.1) is 5.92 Å². The first kappa shape index (κ1) is 10.1. The highest BCUT2D eigenvalue weighted by Gasteiger charge is 2.14. The van der Waals surface area contributed by atoms with Gasteiger partial charge in [0.2, 0.25) is 11.0 Å². The Morgan fingerprint density at radius 2 is 2.31 bits per heavy atom. The largest absolute Gasteiger partial charge is 0.300 e. The van der Waals surface area contributed by atoms with Gasteiger partial charge in [-0.05, 0) is 12.8 Å². The summed E-state index contributed by atoms with van der Waals surface area (Å²) in [6.07, 6.45) is 1.72. The lowest BCUT2D eigenvalue weighted by Crippen LogP contribution is -2.21. The van der Waals surface area contributed by atoms with Crippen LogP contribution in [0.1, 0.15) is 26.7 Å². The van der Waals surface area contributed by atoms with Gasteiger partial charge in [0.15, 0.2) is 0 Å². The van der Waals surface area contributed by atoms with Crippen LogP contribution in [0.5, 0.6) is 0 Å². The van der Waals surface area contributed by atoms with Crippen molar-refractivity contribution in [2.24, 2.45) is 5.92 Å². The molecule has 72 valence electrons. The summed E-state index contributed by atoms with van der Waals surface area (Å²) in [4.78, 5) is 11.5. The highest BCUT2D eigenvalue weighted by atomic mass is 32.1. The Labute approximate surface area is 81.4 Å². The number of amides is 1. The molecule has 13 heavy (non-hydrogen) atoms. The fraction of sp³-hybridized carbons (Fsp3) is 0.625. The summed E-state index contributed by atoms with van der Waals surface area (Å²) in [5.74, 6) is 0.130. The van der Waals surface area contributed by atoms with Crippen LogP contribution in [0.3, 0.4) is 0 Å². The van der Waals surface area contributed by atoms with E-state index in [1.54, 1.807) is 5.51 Å². The standard InChI is InChI=1S/C8H13N3OS/c1-3-6(4-2)7(12)10-8-11-9-5-13-8/h5-6H,3-4H2,1-2H3,(H,10,11,12). The van der Waals surface area contributed by atoms with E-state index in [0.29, 0.717) is 5.13 Å². The first-order chi connectivity index (χ1) is 6.27. The minimum Gasteiger partial charge on any atom is -0.300 e. The quantitative estimate of drug-likeness (QED) is 0.806. The number of anilines is 1. The number of nitrogens with zero attached hydrogens (tertiary/aromatic N) is 2. The third-order valence-electron chi connectivity index (χ3n) is 1.95. The Morgan fingerprint density at radius 3 is 2.77 bits per heavy atom. The van der Waals surface area contributed by atoms with Crippen LogP contribution < -0.4 is 5.32 Å². The average molecular weight is 199 g/mol. The second kappa shape index (κ2) is 4.91. The number of carbonyl (C=O) groups is 1. The minimum absolute atomic E-state index is 0.0433. The topological polar surface area (TPSA) is 54.9 Å². The van der Waals surface area contributed by atoms with Gasteiger partial charge in [0, 0.05) is 5.92 Å². The zero-order chi connectivity index (χ0) is 9.68. The highest BCUT2D eigenvalue weighted by molar-refractivity contribution is 7.13. The Bertz CT molecular complexity index is 256. The molecule has 1 heterocycles.